The molecule has 0 radical (unpaired) electrons. The molecule has 1 aromatic rings. The van der Waals surface area contributed by atoms with E-state index >= 15 is 0 Å². The summed E-state index contributed by atoms with van der Waals surface area (Å²) < 4.78 is 0.282. The highest BCUT2D eigenvalue weighted by Crippen LogP contribution is 2.34. The highest BCUT2D eigenvalue weighted by atomic mass is 32.2. The monoisotopic (exact) mass is 307 g/mol. The molecule has 1 amide bonds. The molecule has 1 N–H and O–H groups in total. The van der Waals surface area contributed by atoms with E-state index in [2.05, 4.69) is 0 Å². The summed E-state index contributed by atoms with van der Waals surface area (Å²) in [5.74, 6) is -1.42. The van der Waals surface area contributed by atoms with Gasteiger partial charge in [0.2, 0.25) is 0 Å². The van der Waals surface area contributed by atoms with Crippen LogP contribution in [0.4, 0.5) is 0 Å². The molecular formula is C14H13NO3S2. The van der Waals surface area contributed by atoms with E-state index in [-0.39, 0.29) is 10.2 Å². The van der Waals surface area contributed by atoms with Crippen molar-refractivity contribution >= 4 is 46.3 Å². The van der Waals surface area contributed by atoms with Crippen molar-refractivity contribution in [3.8, 4) is 0 Å². The standard InChI is InChI=1S/C14H13NO3S2/c1-8-5-3-4-6-10(8)7-11-12(16)15(14(19)20-11)9(2)13(17)18/h3-7,9H,1-2H3,(H,17,18)/b11-7+. The van der Waals surface area contributed by atoms with Crippen LogP contribution < -0.4 is 0 Å². The van der Waals surface area contributed by atoms with Gasteiger partial charge in [-0.1, -0.05) is 48.2 Å². The van der Waals surface area contributed by atoms with E-state index in [1.807, 2.05) is 31.2 Å². The van der Waals surface area contributed by atoms with Crippen molar-refractivity contribution in [3.63, 3.8) is 0 Å². The van der Waals surface area contributed by atoms with Gasteiger partial charge in [-0.15, -0.1) is 0 Å². The van der Waals surface area contributed by atoms with Crippen LogP contribution in [-0.4, -0.2) is 32.2 Å². The van der Waals surface area contributed by atoms with Crippen molar-refractivity contribution in [1.82, 2.24) is 4.90 Å². The zero-order valence-corrected chi connectivity index (χ0v) is 12.6. The number of aryl methyl sites for hydroxylation is 1. The highest BCUT2D eigenvalue weighted by molar-refractivity contribution is 8.26. The Balaban J connectivity index is 2.33. The van der Waals surface area contributed by atoms with Gasteiger partial charge in [-0.3, -0.25) is 9.69 Å². The number of aliphatic carboxylic acids is 1. The van der Waals surface area contributed by atoms with E-state index in [0.29, 0.717) is 4.91 Å². The number of carbonyl (C=O) groups excluding carboxylic acids is 1. The molecule has 104 valence electrons. The van der Waals surface area contributed by atoms with Crippen LogP contribution in [0.3, 0.4) is 0 Å². The number of amides is 1. The molecule has 0 spiro atoms. The average molecular weight is 307 g/mol. The fourth-order valence-corrected chi connectivity index (χ4v) is 3.22. The lowest BCUT2D eigenvalue weighted by molar-refractivity contribution is -0.144. The van der Waals surface area contributed by atoms with Crippen molar-refractivity contribution in [2.45, 2.75) is 19.9 Å². The fourth-order valence-electron chi connectivity index (χ4n) is 1.81. The Bertz CT molecular complexity index is 625. The van der Waals surface area contributed by atoms with Crippen LogP contribution in [0.5, 0.6) is 0 Å². The maximum Gasteiger partial charge on any atom is 0.326 e. The second-order valence-corrected chi connectivity index (χ2v) is 6.10. The number of benzene rings is 1. The maximum absolute atomic E-state index is 12.3. The van der Waals surface area contributed by atoms with E-state index in [9.17, 15) is 9.59 Å². The van der Waals surface area contributed by atoms with Crippen molar-refractivity contribution in [3.05, 3.63) is 40.3 Å². The summed E-state index contributed by atoms with van der Waals surface area (Å²) in [5.41, 5.74) is 1.97. The molecule has 0 saturated carbocycles. The topological polar surface area (TPSA) is 57.6 Å². The summed E-state index contributed by atoms with van der Waals surface area (Å²) in [7, 11) is 0. The van der Waals surface area contributed by atoms with Gasteiger partial charge in [0.25, 0.3) is 5.91 Å². The molecule has 1 aromatic carbocycles. The molecule has 6 heteroatoms. The van der Waals surface area contributed by atoms with Crippen molar-refractivity contribution < 1.29 is 14.7 Å². The average Bonchev–Trinajstić information content (AvgIpc) is 2.66. The Hall–Kier alpha value is -1.66. The van der Waals surface area contributed by atoms with Crippen LogP contribution in [0.15, 0.2) is 29.2 Å². The van der Waals surface area contributed by atoms with Crippen LogP contribution in [0.25, 0.3) is 6.08 Å². The fraction of sp³-hybridized carbons (Fsp3) is 0.214. The Labute approximate surface area is 126 Å². The number of carbonyl (C=O) groups is 2. The molecular weight excluding hydrogens is 294 g/mol. The molecule has 0 aromatic heterocycles. The molecule has 0 bridgehead atoms. The number of hydrogen-bond acceptors (Lipinski definition) is 4. The third-order valence-electron chi connectivity index (χ3n) is 3.04. The van der Waals surface area contributed by atoms with Gasteiger partial charge < -0.3 is 5.11 Å². The van der Waals surface area contributed by atoms with E-state index in [1.54, 1.807) is 6.08 Å². The van der Waals surface area contributed by atoms with E-state index in [1.165, 1.54) is 6.92 Å². The summed E-state index contributed by atoms with van der Waals surface area (Å²) >= 11 is 6.24. The molecule has 1 fully saturated rings. The van der Waals surface area contributed by atoms with Gasteiger partial charge >= 0.3 is 5.97 Å². The molecule has 0 aliphatic carbocycles. The SMILES string of the molecule is Cc1ccccc1/C=C1/SC(=S)N(C(C)C(=O)O)C1=O. The second-order valence-electron chi connectivity index (χ2n) is 4.42. The highest BCUT2D eigenvalue weighted by Gasteiger charge is 2.38. The number of carboxylic acid groups (broad SMARTS) is 1. The second kappa shape index (κ2) is 5.76. The summed E-state index contributed by atoms with van der Waals surface area (Å²) in [5, 5.41) is 9.02. The Kier molecular flexibility index (Phi) is 4.25. The summed E-state index contributed by atoms with van der Waals surface area (Å²) in [6, 6.07) is 6.71. The molecule has 2 rings (SSSR count). The van der Waals surface area contributed by atoms with E-state index < -0.39 is 12.0 Å². The molecule has 20 heavy (non-hydrogen) atoms. The normalized spacial score (nSPS) is 18.7. The summed E-state index contributed by atoms with van der Waals surface area (Å²) in [6.07, 6.45) is 1.75. The Morgan fingerprint density at radius 2 is 2.10 bits per heavy atom. The molecule has 1 saturated heterocycles. The van der Waals surface area contributed by atoms with Crippen molar-refractivity contribution in [1.29, 1.82) is 0 Å². The number of thioether (sulfide) groups is 1. The van der Waals surface area contributed by atoms with Crippen molar-refractivity contribution in [2.24, 2.45) is 0 Å². The molecule has 1 atom stereocenters. The minimum absolute atomic E-state index is 0.282. The third kappa shape index (κ3) is 2.76. The first kappa shape index (κ1) is 14.7. The zero-order chi connectivity index (χ0) is 14.9. The lowest BCUT2D eigenvalue weighted by atomic mass is 10.1. The first-order valence-electron chi connectivity index (χ1n) is 5.97. The predicted octanol–water partition coefficient (Wildman–Crippen LogP) is 2.67. The number of nitrogens with zero attached hydrogens (tertiary/aromatic N) is 1. The number of hydrogen-bond donors (Lipinski definition) is 1. The maximum atomic E-state index is 12.3. The van der Waals surface area contributed by atoms with E-state index in [0.717, 1.165) is 27.8 Å². The molecule has 1 aliphatic rings. The predicted molar refractivity (Wildman–Crippen MR) is 83.3 cm³/mol. The van der Waals surface area contributed by atoms with Crippen LogP contribution in [0, 0.1) is 6.92 Å². The lowest BCUT2D eigenvalue weighted by Gasteiger charge is -2.18. The first-order valence-corrected chi connectivity index (χ1v) is 7.20. The zero-order valence-electron chi connectivity index (χ0n) is 11.0. The minimum Gasteiger partial charge on any atom is -0.480 e. The molecule has 1 heterocycles. The van der Waals surface area contributed by atoms with Crippen LogP contribution >= 0.6 is 24.0 Å². The smallest absolute Gasteiger partial charge is 0.326 e. The number of carboxylic acids is 1. The molecule has 4 nitrogen and oxygen atoms in total. The molecule has 1 unspecified atom stereocenters. The van der Waals surface area contributed by atoms with Crippen LogP contribution in [0.1, 0.15) is 18.1 Å². The van der Waals surface area contributed by atoms with Gasteiger partial charge in [0.05, 0.1) is 4.91 Å². The van der Waals surface area contributed by atoms with Crippen molar-refractivity contribution in [2.75, 3.05) is 0 Å². The summed E-state index contributed by atoms with van der Waals surface area (Å²) in [4.78, 5) is 24.9. The van der Waals surface area contributed by atoms with Gasteiger partial charge in [0.1, 0.15) is 10.4 Å². The number of thiocarbonyl (C=S) groups is 1. The van der Waals surface area contributed by atoms with E-state index in [4.69, 9.17) is 17.3 Å². The quantitative estimate of drug-likeness (QED) is 0.687. The third-order valence-corrected chi connectivity index (χ3v) is 4.37. The largest absolute Gasteiger partial charge is 0.480 e. The van der Waals surface area contributed by atoms with Gasteiger partial charge in [-0.25, -0.2) is 4.79 Å². The van der Waals surface area contributed by atoms with Gasteiger partial charge in [-0.2, -0.15) is 0 Å². The molecule has 1 aliphatic heterocycles. The Morgan fingerprint density at radius 1 is 1.45 bits per heavy atom. The van der Waals surface area contributed by atoms with Crippen LogP contribution in [-0.2, 0) is 9.59 Å². The lowest BCUT2D eigenvalue weighted by Crippen LogP contribution is -2.41. The first-order chi connectivity index (χ1) is 9.41. The summed E-state index contributed by atoms with van der Waals surface area (Å²) in [6.45, 7) is 3.40. The number of rotatable bonds is 3. The van der Waals surface area contributed by atoms with Gasteiger partial charge in [0, 0.05) is 0 Å². The van der Waals surface area contributed by atoms with Crippen LogP contribution in [0.2, 0.25) is 0 Å². The van der Waals surface area contributed by atoms with Gasteiger partial charge in [0.15, 0.2) is 0 Å². The minimum atomic E-state index is -1.07. The Morgan fingerprint density at radius 3 is 2.70 bits per heavy atom. The van der Waals surface area contributed by atoms with Gasteiger partial charge in [-0.05, 0) is 31.1 Å².